The number of fused-ring (bicyclic) bond motifs is 1. The van der Waals surface area contributed by atoms with Crippen LogP contribution in [0.2, 0.25) is 0 Å². The van der Waals surface area contributed by atoms with Gasteiger partial charge in [0.05, 0.1) is 11.3 Å². The molecule has 0 unspecified atom stereocenters. The predicted molar refractivity (Wildman–Crippen MR) is 114 cm³/mol. The maximum absolute atomic E-state index is 12.6. The second-order valence-electron chi connectivity index (χ2n) is 6.89. The van der Waals surface area contributed by atoms with Gasteiger partial charge in [-0.3, -0.25) is 4.79 Å². The molecule has 1 N–H and O–H groups in total. The van der Waals surface area contributed by atoms with Crippen LogP contribution < -0.4 is 5.32 Å². The van der Waals surface area contributed by atoms with E-state index >= 15 is 0 Å². The van der Waals surface area contributed by atoms with E-state index in [0.29, 0.717) is 16.9 Å². The van der Waals surface area contributed by atoms with Gasteiger partial charge in [-0.2, -0.15) is 13.2 Å². The van der Waals surface area contributed by atoms with E-state index in [0.717, 1.165) is 28.4 Å². The third-order valence-electron chi connectivity index (χ3n) is 4.65. The van der Waals surface area contributed by atoms with Crippen molar-refractivity contribution in [1.29, 1.82) is 0 Å². The number of imidazole rings is 1. The van der Waals surface area contributed by atoms with Crippen molar-refractivity contribution < 1.29 is 18.0 Å². The molecule has 0 bridgehead atoms. The smallest absolute Gasteiger partial charge is 0.348 e. The van der Waals surface area contributed by atoms with E-state index in [1.54, 1.807) is 23.9 Å². The number of hydrogen-bond acceptors (Lipinski definition) is 3. The monoisotopic (exact) mass is 441 g/mol. The Morgan fingerprint density at radius 2 is 1.74 bits per heavy atom. The van der Waals surface area contributed by atoms with Gasteiger partial charge in [-0.05, 0) is 54.1 Å². The van der Waals surface area contributed by atoms with E-state index in [-0.39, 0.29) is 12.5 Å². The van der Waals surface area contributed by atoms with Crippen molar-refractivity contribution in [2.75, 3.05) is 0 Å². The van der Waals surface area contributed by atoms with E-state index < -0.39 is 11.7 Å². The summed E-state index contributed by atoms with van der Waals surface area (Å²) < 4.78 is 39.8. The quantitative estimate of drug-likeness (QED) is 0.398. The van der Waals surface area contributed by atoms with Crippen molar-refractivity contribution in [3.63, 3.8) is 0 Å². The molecule has 0 atom stereocenters. The molecule has 31 heavy (non-hydrogen) atoms. The second-order valence-corrected chi connectivity index (χ2v) is 7.94. The highest BCUT2D eigenvalue weighted by Crippen LogP contribution is 2.29. The van der Waals surface area contributed by atoms with Gasteiger partial charge in [0.15, 0.2) is 0 Å². The normalized spacial score (nSPS) is 11.6. The molecule has 8 heteroatoms. The van der Waals surface area contributed by atoms with Crippen LogP contribution in [0.25, 0.3) is 5.65 Å². The van der Waals surface area contributed by atoms with Gasteiger partial charge in [-0.15, -0.1) is 11.8 Å². The van der Waals surface area contributed by atoms with Gasteiger partial charge < -0.3 is 9.72 Å². The fourth-order valence-corrected chi connectivity index (χ4v) is 3.79. The molecule has 2 aromatic carbocycles. The number of benzene rings is 2. The number of thioether (sulfide) groups is 1. The van der Waals surface area contributed by atoms with Crippen molar-refractivity contribution in [2.24, 2.45) is 0 Å². The van der Waals surface area contributed by atoms with Gasteiger partial charge in [0.2, 0.25) is 0 Å². The molecule has 4 nitrogen and oxygen atoms in total. The Labute approximate surface area is 181 Å². The summed E-state index contributed by atoms with van der Waals surface area (Å²) in [7, 11) is 0. The SMILES string of the molecule is O=C(NCc1ccc(C(F)(F)F)cc1)c1ccc(SCc2cn3ccccc3n2)cc1. The van der Waals surface area contributed by atoms with E-state index in [1.807, 2.05) is 47.1 Å². The number of amides is 1. The number of aromatic nitrogens is 2. The predicted octanol–water partition coefficient (Wildman–Crippen LogP) is 5.58. The van der Waals surface area contributed by atoms with Crippen molar-refractivity contribution in [3.05, 3.63) is 102 Å². The number of halogens is 3. The first-order chi connectivity index (χ1) is 14.9. The third-order valence-corrected chi connectivity index (χ3v) is 5.70. The molecule has 2 heterocycles. The van der Waals surface area contributed by atoms with Crippen molar-refractivity contribution in [2.45, 2.75) is 23.4 Å². The zero-order valence-corrected chi connectivity index (χ0v) is 17.1. The Balaban J connectivity index is 1.30. The molecule has 0 saturated heterocycles. The summed E-state index contributed by atoms with van der Waals surface area (Å²) in [6.07, 6.45) is -0.424. The number of nitrogens with one attached hydrogen (secondary N) is 1. The lowest BCUT2D eigenvalue weighted by molar-refractivity contribution is -0.137. The average Bonchev–Trinajstić information content (AvgIpc) is 3.19. The van der Waals surface area contributed by atoms with Crippen LogP contribution in [-0.2, 0) is 18.5 Å². The molecule has 0 aliphatic rings. The van der Waals surface area contributed by atoms with Gasteiger partial charge in [0, 0.05) is 35.2 Å². The topological polar surface area (TPSA) is 46.4 Å². The summed E-state index contributed by atoms with van der Waals surface area (Å²) in [5, 5.41) is 2.73. The Hall–Kier alpha value is -3.26. The van der Waals surface area contributed by atoms with Crippen molar-refractivity contribution in [3.8, 4) is 0 Å². The van der Waals surface area contributed by atoms with Crippen LogP contribution in [0, 0.1) is 0 Å². The number of hydrogen-bond donors (Lipinski definition) is 1. The van der Waals surface area contributed by atoms with Gasteiger partial charge in [-0.25, -0.2) is 4.98 Å². The molecule has 158 valence electrons. The zero-order chi connectivity index (χ0) is 21.8. The van der Waals surface area contributed by atoms with E-state index in [4.69, 9.17) is 0 Å². The first-order valence-corrected chi connectivity index (χ1v) is 10.5. The van der Waals surface area contributed by atoms with Crippen molar-refractivity contribution >= 4 is 23.3 Å². The number of carbonyl (C=O) groups excluding carboxylic acids is 1. The first kappa shape index (κ1) is 21.0. The summed E-state index contributed by atoms with van der Waals surface area (Å²) in [4.78, 5) is 17.9. The molecule has 1 amide bonds. The average molecular weight is 441 g/mol. The standard InChI is InChI=1S/C23H18F3N3OS/c24-23(25,26)18-8-4-16(5-9-18)13-27-22(30)17-6-10-20(11-7-17)31-15-19-14-29-12-2-1-3-21(29)28-19/h1-12,14H,13,15H2,(H,27,30). The molecule has 2 aromatic heterocycles. The Morgan fingerprint density at radius 1 is 1.00 bits per heavy atom. The molecule has 0 aliphatic carbocycles. The number of carbonyl (C=O) groups is 1. The Morgan fingerprint density at radius 3 is 2.42 bits per heavy atom. The molecule has 0 fully saturated rings. The van der Waals surface area contributed by atoms with Crippen LogP contribution in [-0.4, -0.2) is 15.3 Å². The molecule has 4 rings (SSSR count). The minimum absolute atomic E-state index is 0.154. The highest BCUT2D eigenvalue weighted by molar-refractivity contribution is 7.98. The minimum Gasteiger partial charge on any atom is -0.348 e. The van der Waals surface area contributed by atoms with Gasteiger partial charge >= 0.3 is 6.18 Å². The van der Waals surface area contributed by atoms with E-state index in [9.17, 15) is 18.0 Å². The lowest BCUT2D eigenvalue weighted by Crippen LogP contribution is -2.22. The van der Waals surface area contributed by atoms with Crippen LogP contribution >= 0.6 is 11.8 Å². The van der Waals surface area contributed by atoms with Crippen LogP contribution in [0.5, 0.6) is 0 Å². The first-order valence-electron chi connectivity index (χ1n) is 9.48. The Kier molecular flexibility index (Phi) is 5.99. The minimum atomic E-state index is -4.37. The number of nitrogens with zero attached hydrogens (tertiary/aromatic N) is 2. The molecule has 0 saturated carbocycles. The molecule has 0 aliphatic heterocycles. The lowest BCUT2D eigenvalue weighted by atomic mass is 10.1. The second kappa shape index (κ2) is 8.85. The number of pyridine rings is 1. The summed E-state index contributed by atoms with van der Waals surface area (Å²) in [6.45, 7) is 0.154. The highest BCUT2D eigenvalue weighted by atomic mass is 32.2. The number of alkyl halides is 3. The molecule has 0 spiro atoms. The molecule has 4 aromatic rings. The highest BCUT2D eigenvalue weighted by Gasteiger charge is 2.29. The van der Waals surface area contributed by atoms with Crippen LogP contribution in [0.4, 0.5) is 13.2 Å². The molecular formula is C23H18F3N3OS. The van der Waals surface area contributed by atoms with Crippen LogP contribution in [0.3, 0.4) is 0 Å². The number of rotatable bonds is 6. The lowest BCUT2D eigenvalue weighted by Gasteiger charge is -2.09. The largest absolute Gasteiger partial charge is 0.416 e. The maximum Gasteiger partial charge on any atom is 0.416 e. The summed E-state index contributed by atoms with van der Waals surface area (Å²) in [5.74, 6) is 0.429. The van der Waals surface area contributed by atoms with Crippen molar-refractivity contribution in [1.82, 2.24) is 14.7 Å². The van der Waals surface area contributed by atoms with E-state index in [1.165, 1.54) is 12.1 Å². The fourth-order valence-electron chi connectivity index (χ4n) is 3.01. The summed E-state index contributed by atoms with van der Waals surface area (Å²) >= 11 is 1.62. The zero-order valence-electron chi connectivity index (χ0n) is 16.3. The van der Waals surface area contributed by atoms with Crippen LogP contribution in [0.1, 0.15) is 27.2 Å². The van der Waals surface area contributed by atoms with Gasteiger partial charge in [-0.1, -0.05) is 18.2 Å². The van der Waals surface area contributed by atoms with Gasteiger partial charge in [0.1, 0.15) is 5.65 Å². The summed E-state index contributed by atoms with van der Waals surface area (Å²) in [5.41, 5.74) is 2.25. The Bertz CT molecular complexity index is 1150. The van der Waals surface area contributed by atoms with Crippen LogP contribution in [0.15, 0.2) is 84.0 Å². The van der Waals surface area contributed by atoms with E-state index in [2.05, 4.69) is 10.3 Å². The summed E-state index contributed by atoms with van der Waals surface area (Å²) in [6, 6.07) is 17.8. The molecule has 0 radical (unpaired) electrons. The maximum atomic E-state index is 12.6. The fraction of sp³-hybridized carbons (Fsp3) is 0.130. The van der Waals surface area contributed by atoms with Gasteiger partial charge in [0.25, 0.3) is 5.91 Å². The third kappa shape index (κ3) is 5.27. The molecular weight excluding hydrogens is 423 g/mol.